The lowest BCUT2D eigenvalue weighted by Crippen LogP contribution is -2.10. The standard InChI is InChI=1S/C31H33N3/c1-6-24(18-17-23(2)25-13-9-7-10-14-25)29-32-33-30(34(29)28-15-11-8-12-16-28)26-19-21-27(22-20-26)31(3,4)5/h6-23H,1-5H3/b18-17-,24-6+. The van der Waals surface area contributed by atoms with Crippen molar-refractivity contribution in [2.45, 2.75) is 46.0 Å². The van der Waals surface area contributed by atoms with Crippen LogP contribution in [0.1, 0.15) is 57.5 Å². The van der Waals surface area contributed by atoms with Gasteiger partial charge in [-0.15, -0.1) is 10.2 Å². The fraction of sp³-hybridized carbons (Fsp3) is 0.226. The van der Waals surface area contributed by atoms with E-state index in [1.54, 1.807) is 0 Å². The molecule has 0 fully saturated rings. The highest BCUT2D eigenvalue weighted by Gasteiger charge is 2.19. The van der Waals surface area contributed by atoms with Gasteiger partial charge in [0.15, 0.2) is 11.6 Å². The van der Waals surface area contributed by atoms with Crippen LogP contribution in [0.2, 0.25) is 0 Å². The van der Waals surface area contributed by atoms with E-state index in [9.17, 15) is 0 Å². The van der Waals surface area contributed by atoms with E-state index in [2.05, 4.69) is 134 Å². The molecule has 0 radical (unpaired) electrons. The largest absolute Gasteiger partial charge is 0.275 e. The normalized spacial score (nSPS) is 13.4. The van der Waals surface area contributed by atoms with Crippen LogP contribution in [0.3, 0.4) is 0 Å². The van der Waals surface area contributed by atoms with Crippen molar-refractivity contribution >= 4 is 5.57 Å². The zero-order valence-corrected chi connectivity index (χ0v) is 20.7. The minimum Gasteiger partial charge on any atom is -0.275 e. The van der Waals surface area contributed by atoms with Crippen LogP contribution in [0.4, 0.5) is 0 Å². The number of nitrogens with zero attached hydrogens (tertiary/aromatic N) is 3. The highest BCUT2D eigenvalue weighted by Crippen LogP contribution is 2.30. The summed E-state index contributed by atoms with van der Waals surface area (Å²) in [7, 11) is 0. The molecule has 3 nitrogen and oxygen atoms in total. The third-order valence-electron chi connectivity index (χ3n) is 6.15. The van der Waals surface area contributed by atoms with Gasteiger partial charge in [0, 0.05) is 16.8 Å². The lowest BCUT2D eigenvalue weighted by Gasteiger charge is -2.19. The Morgan fingerprint density at radius 2 is 1.44 bits per heavy atom. The van der Waals surface area contributed by atoms with Crippen molar-refractivity contribution in [2.75, 3.05) is 0 Å². The fourth-order valence-electron chi connectivity index (χ4n) is 4.01. The maximum Gasteiger partial charge on any atom is 0.168 e. The van der Waals surface area contributed by atoms with Crippen LogP contribution in [0, 0.1) is 0 Å². The van der Waals surface area contributed by atoms with Crippen LogP contribution >= 0.6 is 0 Å². The number of allylic oxidation sites excluding steroid dienone is 4. The Morgan fingerprint density at radius 1 is 0.824 bits per heavy atom. The Bertz CT molecular complexity index is 1270. The molecule has 0 amide bonds. The second kappa shape index (κ2) is 10.0. The number of hydrogen-bond acceptors (Lipinski definition) is 2. The molecule has 172 valence electrons. The summed E-state index contributed by atoms with van der Waals surface area (Å²) in [6.07, 6.45) is 6.49. The van der Waals surface area contributed by atoms with Crippen LogP contribution in [0.25, 0.3) is 22.6 Å². The second-order valence-corrected chi connectivity index (χ2v) is 9.65. The van der Waals surface area contributed by atoms with Crippen molar-refractivity contribution in [1.29, 1.82) is 0 Å². The summed E-state index contributed by atoms with van der Waals surface area (Å²) >= 11 is 0. The fourth-order valence-corrected chi connectivity index (χ4v) is 4.01. The van der Waals surface area contributed by atoms with Gasteiger partial charge >= 0.3 is 0 Å². The average Bonchev–Trinajstić information content (AvgIpc) is 3.30. The molecular formula is C31H33N3. The lowest BCUT2D eigenvalue weighted by molar-refractivity contribution is 0.590. The Morgan fingerprint density at radius 3 is 2.03 bits per heavy atom. The smallest absolute Gasteiger partial charge is 0.168 e. The molecule has 1 aromatic heterocycles. The first-order valence-corrected chi connectivity index (χ1v) is 11.9. The molecule has 4 rings (SSSR count). The predicted molar refractivity (Wildman–Crippen MR) is 143 cm³/mol. The van der Waals surface area contributed by atoms with E-state index in [0.717, 1.165) is 28.5 Å². The van der Waals surface area contributed by atoms with Gasteiger partial charge < -0.3 is 0 Å². The van der Waals surface area contributed by atoms with Gasteiger partial charge in [-0.3, -0.25) is 4.57 Å². The van der Waals surface area contributed by atoms with Crippen molar-refractivity contribution in [2.24, 2.45) is 0 Å². The zero-order chi connectivity index (χ0) is 24.1. The number of rotatable bonds is 6. The molecule has 0 N–H and O–H groups in total. The van der Waals surface area contributed by atoms with Gasteiger partial charge in [-0.25, -0.2) is 0 Å². The Labute approximate surface area is 203 Å². The van der Waals surface area contributed by atoms with Crippen LogP contribution < -0.4 is 0 Å². The minimum absolute atomic E-state index is 0.106. The van der Waals surface area contributed by atoms with Crippen LogP contribution in [0.5, 0.6) is 0 Å². The summed E-state index contributed by atoms with van der Waals surface area (Å²) in [5, 5.41) is 9.30. The van der Waals surface area contributed by atoms with E-state index in [4.69, 9.17) is 0 Å². The number of benzene rings is 3. The van der Waals surface area contributed by atoms with E-state index < -0.39 is 0 Å². The Hall–Kier alpha value is -3.72. The maximum absolute atomic E-state index is 4.66. The Balaban J connectivity index is 1.76. The summed E-state index contributed by atoms with van der Waals surface area (Å²) in [6.45, 7) is 11.0. The monoisotopic (exact) mass is 447 g/mol. The van der Waals surface area contributed by atoms with Crippen molar-refractivity contribution in [3.63, 3.8) is 0 Å². The number of hydrogen-bond donors (Lipinski definition) is 0. The van der Waals surface area contributed by atoms with Gasteiger partial charge in [-0.05, 0) is 41.5 Å². The second-order valence-electron chi connectivity index (χ2n) is 9.65. The maximum atomic E-state index is 4.66. The quantitative estimate of drug-likeness (QED) is 0.280. The molecule has 0 saturated carbocycles. The highest BCUT2D eigenvalue weighted by atomic mass is 15.3. The van der Waals surface area contributed by atoms with E-state index in [1.807, 2.05) is 18.2 Å². The Kier molecular flexibility index (Phi) is 6.93. The topological polar surface area (TPSA) is 30.7 Å². The van der Waals surface area contributed by atoms with Crippen LogP contribution in [0.15, 0.2) is 103 Å². The van der Waals surface area contributed by atoms with Crippen molar-refractivity contribution < 1.29 is 0 Å². The van der Waals surface area contributed by atoms with Crippen LogP contribution in [-0.4, -0.2) is 14.8 Å². The van der Waals surface area contributed by atoms with Crippen molar-refractivity contribution in [3.8, 4) is 17.1 Å². The molecule has 1 heterocycles. The molecule has 34 heavy (non-hydrogen) atoms. The summed E-state index contributed by atoms with van der Waals surface area (Å²) in [4.78, 5) is 0. The van der Waals surface area contributed by atoms with Gasteiger partial charge in [-0.1, -0.05) is 119 Å². The molecule has 3 heteroatoms. The first-order valence-electron chi connectivity index (χ1n) is 11.9. The molecule has 4 aromatic rings. The molecule has 0 saturated heterocycles. The van der Waals surface area contributed by atoms with Crippen molar-refractivity contribution in [1.82, 2.24) is 14.8 Å². The van der Waals surface area contributed by atoms with E-state index >= 15 is 0 Å². The SMILES string of the molecule is C/C=C(\C=C/C(C)c1ccccc1)c1nnc(-c2ccc(C(C)(C)C)cc2)n1-c1ccccc1. The molecule has 0 aliphatic rings. The summed E-state index contributed by atoms with van der Waals surface area (Å²) in [5.74, 6) is 1.97. The van der Waals surface area contributed by atoms with Gasteiger partial charge in [-0.2, -0.15) is 0 Å². The van der Waals surface area contributed by atoms with Gasteiger partial charge in [0.25, 0.3) is 0 Å². The van der Waals surface area contributed by atoms with Crippen LogP contribution in [-0.2, 0) is 5.41 Å². The third kappa shape index (κ3) is 5.09. The number of para-hydroxylation sites is 1. The third-order valence-corrected chi connectivity index (χ3v) is 6.15. The molecule has 1 atom stereocenters. The minimum atomic E-state index is 0.106. The highest BCUT2D eigenvalue weighted by molar-refractivity contribution is 5.73. The predicted octanol–water partition coefficient (Wildman–Crippen LogP) is 8.00. The molecule has 0 spiro atoms. The first kappa shape index (κ1) is 23.4. The molecular weight excluding hydrogens is 414 g/mol. The molecule has 0 aliphatic carbocycles. The van der Waals surface area contributed by atoms with Gasteiger partial charge in [0.05, 0.1) is 0 Å². The van der Waals surface area contributed by atoms with Crippen molar-refractivity contribution in [3.05, 3.63) is 120 Å². The average molecular weight is 448 g/mol. The zero-order valence-electron chi connectivity index (χ0n) is 20.7. The van der Waals surface area contributed by atoms with E-state index in [1.165, 1.54) is 11.1 Å². The summed E-state index contributed by atoms with van der Waals surface area (Å²) in [6, 6.07) is 29.6. The van der Waals surface area contributed by atoms with E-state index in [-0.39, 0.29) is 5.41 Å². The summed E-state index contributed by atoms with van der Waals surface area (Å²) in [5.41, 5.74) is 5.83. The van der Waals surface area contributed by atoms with E-state index in [0.29, 0.717) is 5.92 Å². The number of aromatic nitrogens is 3. The first-order chi connectivity index (χ1) is 16.4. The van der Waals surface area contributed by atoms with Gasteiger partial charge in [0.1, 0.15) is 0 Å². The molecule has 0 aliphatic heterocycles. The molecule has 3 aromatic carbocycles. The summed E-state index contributed by atoms with van der Waals surface area (Å²) < 4.78 is 2.15. The molecule has 1 unspecified atom stereocenters. The lowest BCUT2D eigenvalue weighted by atomic mass is 9.86. The van der Waals surface area contributed by atoms with Gasteiger partial charge in [0.2, 0.25) is 0 Å². The molecule has 0 bridgehead atoms.